The van der Waals surface area contributed by atoms with Gasteiger partial charge in [-0.1, -0.05) is 26.0 Å². The number of halogens is 1. The van der Waals surface area contributed by atoms with Crippen LogP contribution >= 0.6 is 0 Å². The summed E-state index contributed by atoms with van der Waals surface area (Å²) in [5, 5.41) is 3.16. The normalized spacial score (nSPS) is 15.6. The number of pyridine rings is 1. The Balaban J connectivity index is 1.89. The number of Topliss-reactive ketones (excluding diaryl/α,β-unsaturated/α-hetero) is 1. The fourth-order valence-corrected chi connectivity index (χ4v) is 3.61. The molecule has 5 heteroatoms. The smallest absolute Gasteiger partial charge is 0.167 e. The molecule has 0 amide bonds. The molecule has 4 nitrogen and oxygen atoms in total. The first-order chi connectivity index (χ1) is 12.4. The molecule has 2 heterocycles. The third-order valence-electron chi connectivity index (χ3n) is 4.75. The number of para-hydroxylation sites is 1. The number of nitrogens with zero attached hydrogens (tertiary/aromatic N) is 1. The lowest BCUT2D eigenvalue weighted by atomic mass is 9.76. The molecule has 0 aliphatic heterocycles. The molecule has 2 N–H and O–H groups in total. The number of aromatic nitrogens is 2. The van der Waals surface area contributed by atoms with Crippen LogP contribution in [0.25, 0.3) is 11.3 Å². The van der Waals surface area contributed by atoms with Crippen molar-refractivity contribution in [2.45, 2.75) is 26.7 Å². The molecule has 1 aromatic carbocycles. The van der Waals surface area contributed by atoms with E-state index in [1.54, 1.807) is 30.6 Å². The van der Waals surface area contributed by atoms with Crippen LogP contribution in [0.3, 0.4) is 0 Å². The van der Waals surface area contributed by atoms with Crippen LogP contribution in [-0.2, 0) is 6.42 Å². The Morgan fingerprint density at radius 3 is 2.58 bits per heavy atom. The molecule has 0 bridgehead atoms. The topological polar surface area (TPSA) is 57.8 Å². The van der Waals surface area contributed by atoms with Gasteiger partial charge in [0.15, 0.2) is 5.78 Å². The van der Waals surface area contributed by atoms with Gasteiger partial charge in [0.2, 0.25) is 0 Å². The first kappa shape index (κ1) is 16.5. The van der Waals surface area contributed by atoms with Crippen molar-refractivity contribution >= 4 is 17.2 Å². The number of nitrogens with one attached hydrogen (secondary N) is 2. The number of carbonyl (C=O) groups excluding carboxylic acids is 1. The highest BCUT2D eigenvalue weighted by Crippen LogP contribution is 2.43. The lowest BCUT2D eigenvalue weighted by Crippen LogP contribution is -2.26. The SMILES string of the molecule is CC1(C)CC(=O)c2c([nH]c(-c3ccncc3)c2Nc2ccccc2F)C1. The number of carbonyl (C=O) groups is 1. The molecule has 0 fully saturated rings. The molecule has 0 saturated heterocycles. The minimum Gasteiger partial charge on any atom is -0.356 e. The lowest BCUT2D eigenvalue weighted by Gasteiger charge is -2.28. The van der Waals surface area contributed by atoms with Gasteiger partial charge >= 0.3 is 0 Å². The maximum absolute atomic E-state index is 14.2. The van der Waals surface area contributed by atoms with Crippen LogP contribution in [0.5, 0.6) is 0 Å². The van der Waals surface area contributed by atoms with E-state index in [4.69, 9.17) is 0 Å². The Bertz CT molecular complexity index is 976. The van der Waals surface area contributed by atoms with Crippen LogP contribution in [-0.4, -0.2) is 15.8 Å². The lowest BCUT2D eigenvalue weighted by molar-refractivity contribution is 0.0912. The standard InChI is InChI=1S/C21H20FN3O/c1-21(2)11-16-18(17(26)12-21)20(24-15-6-4-3-5-14(15)22)19(25-16)13-7-9-23-10-8-13/h3-10,24-25H,11-12H2,1-2H3. The molecule has 132 valence electrons. The molecule has 3 aromatic rings. The zero-order valence-electron chi connectivity index (χ0n) is 14.8. The minimum atomic E-state index is -0.355. The van der Waals surface area contributed by atoms with Crippen LogP contribution in [0.15, 0.2) is 48.8 Å². The van der Waals surface area contributed by atoms with E-state index in [1.165, 1.54) is 6.07 Å². The molecule has 0 unspecified atom stereocenters. The first-order valence-corrected chi connectivity index (χ1v) is 8.65. The fourth-order valence-electron chi connectivity index (χ4n) is 3.61. The van der Waals surface area contributed by atoms with Gasteiger partial charge in [0.05, 0.1) is 22.6 Å². The molecule has 1 aliphatic rings. The van der Waals surface area contributed by atoms with Crippen molar-refractivity contribution in [2.75, 3.05) is 5.32 Å². The molecule has 1 aliphatic carbocycles. The Morgan fingerprint density at radius 1 is 1.12 bits per heavy atom. The summed E-state index contributed by atoms with van der Waals surface area (Å²) in [6.07, 6.45) is 4.65. The number of fused-ring (bicyclic) bond motifs is 1. The molecule has 0 radical (unpaired) electrons. The summed E-state index contributed by atoms with van der Waals surface area (Å²) < 4.78 is 14.2. The Kier molecular flexibility index (Phi) is 3.87. The van der Waals surface area contributed by atoms with E-state index in [9.17, 15) is 9.18 Å². The zero-order valence-corrected chi connectivity index (χ0v) is 14.8. The molecule has 26 heavy (non-hydrogen) atoms. The van der Waals surface area contributed by atoms with Gasteiger partial charge in [0.25, 0.3) is 0 Å². The molecular formula is C21H20FN3O. The third kappa shape index (κ3) is 2.90. The van der Waals surface area contributed by atoms with Crippen molar-refractivity contribution in [3.8, 4) is 11.3 Å². The number of benzene rings is 1. The second-order valence-electron chi connectivity index (χ2n) is 7.51. The van der Waals surface area contributed by atoms with Gasteiger partial charge in [-0.3, -0.25) is 9.78 Å². The zero-order chi connectivity index (χ0) is 18.3. The second kappa shape index (κ2) is 6.09. The van der Waals surface area contributed by atoms with Gasteiger partial charge in [-0.2, -0.15) is 0 Å². The number of hydrogen-bond acceptors (Lipinski definition) is 3. The van der Waals surface area contributed by atoms with Crippen LogP contribution in [0.4, 0.5) is 15.8 Å². The Labute approximate surface area is 151 Å². The number of anilines is 2. The summed E-state index contributed by atoms with van der Waals surface area (Å²) in [6.45, 7) is 4.18. The van der Waals surface area contributed by atoms with Gasteiger partial charge in [-0.15, -0.1) is 0 Å². The van der Waals surface area contributed by atoms with Crippen LogP contribution in [0, 0.1) is 11.2 Å². The Hall–Kier alpha value is -2.95. The summed E-state index contributed by atoms with van der Waals surface area (Å²) in [4.78, 5) is 20.3. The van der Waals surface area contributed by atoms with Crippen molar-refractivity contribution in [3.63, 3.8) is 0 Å². The van der Waals surface area contributed by atoms with Gasteiger partial charge in [-0.05, 0) is 36.1 Å². The van der Waals surface area contributed by atoms with Crippen molar-refractivity contribution < 1.29 is 9.18 Å². The second-order valence-corrected chi connectivity index (χ2v) is 7.51. The number of H-pyrrole nitrogens is 1. The maximum Gasteiger partial charge on any atom is 0.167 e. The first-order valence-electron chi connectivity index (χ1n) is 8.65. The average molecular weight is 349 g/mol. The summed E-state index contributed by atoms with van der Waals surface area (Å²) >= 11 is 0. The van der Waals surface area contributed by atoms with Gasteiger partial charge in [0.1, 0.15) is 5.82 Å². The van der Waals surface area contributed by atoms with Crippen molar-refractivity contribution in [2.24, 2.45) is 5.41 Å². The predicted octanol–water partition coefficient (Wildman–Crippen LogP) is 5.11. The van der Waals surface area contributed by atoms with Crippen molar-refractivity contribution in [1.82, 2.24) is 9.97 Å². The van der Waals surface area contributed by atoms with Gasteiger partial charge in [0, 0.05) is 30.1 Å². The van der Waals surface area contributed by atoms with Crippen LogP contribution in [0.2, 0.25) is 0 Å². The largest absolute Gasteiger partial charge is 0.356 e. The van der Waals surface area contributed by atoms with Crippen LogP contribution < -0.4 is 5.32 Å². The van der Waals surface area contributed by atoms with Crippen molar-refractivity contribution in [3.05, 3.63) is 65.9 Å². The van der Waals surface area contributed by atoms with E-state index < -0.39 is 0 Å². The molecule has 4 rings (SSSR count). The quantitative estimate of drug-likeness (QED) is 0.690. The van der Waals surface area contributed by atoms with E-state index in [2.05, 4.69) is 29.1 Å². The summed E-state index contributed by atoms with van der Waals surface area (Å²) in [6, 6.07) is 10.2. The molecule has 2 aromatic heterocycles. The van der Waals surface area contributed by atoms with Crippen molar-refractivity contribution in [1.29, 1.82) is 0 Å². The van der Waals surface area contributed by atoms with E-state index in [-0.39, 0.29) is 17.0 Å². The summed E-state index contributed by atoms with van der Waals surface area (Å²) in [7, 11) is 0. The van der Waals surface area contributed by atoms with Crippen LogP contribution in [0.1, 0.15) is 36.3 Å². The van der Waals surface area contributed by atoms with E-state index in [0.29, 0.717) is 23.4 Å². The number of ketones is 1. The fraction of sp³-hybridized carbons (Fsp3) is 0.238. The predicted molar refractivity (Wildman–Crippen MR) is 100 cm³/mol. The Morgan fingerprint density at radius 2 is 1.85 bits per heavy atom. The highest BCUT2D eigenvalue weighted by molar-refractivity contribution is 6.07. The summed E-state index contributed by atoms with van der Waals surface area (Å²) in [5.74, 6) is -0.279. The van der Waals surface area contributed by atoms with E-state index >= 15 is 0 Å². The summed E-state index contributed by atoms with van der Waals surface area (Å²) in [5.41, 5.74) is 4.11. The van der Waals surface area contributed by atoms with Gasteiger partial charge < -0.3 is 10.3 Å². The van der Waals surface area contributed by atoms with E-state index in [1.807, 2.05) is 12.1 Å². The number of rotatable bonds is 3. The average Bonchev–Trinajstić information content (AvgIpc) is 2.95. The minimum absolute atomic E-state index is 0.0756. The molecule has 0 atom stereocenters. The molecular weight excluding hydrogens is 329 g/mol. The number of hydrogen-bond donors (Lipinski definition) is 2. The highest BCUT2D eigenvalue weighted by Gasteiger charge is 2.35. The maximum atomic E-state index is 14.2. The molecule has 0 saturated carbocycles. The highest BCUT2D eigenvalue weighted by atomic mass is 19.1. The monoisotopic (exact) mass is 349 g/mol. The van der Waals surface area contributed by atoms with E-state index in [0.717, 1.165) is 23.4 Å². The number of aromatic amines is 1. The third-order valence-corrected chi connectivity index (χ3v) is 4.75. The van der Waals surface area contributed by atoms with Gasteiger partial charge in [-0.25, -0.2) is 4.39 Å². The molecule has 0 spiro atoms.